The number of amides is 1. The average Bonchev–Trinajstić information content (AvgIpc) is 3.03. The maximum absolute atomic E-state index is 14.1. The molecule has 2 heterocycles. The third kappa shape index (κ3) is 3.49. The number of esters is 1. The van der Waals surface area contributed by atoms with Gasteiger partial charge in [0, 0.05) is 29.8 Å². The Bertz CT molecular complexity index is 768. The molecule has 0 aliphatic carbocycles. The van der Waals surface area contributed by atoms with Gasteiger partial charge in [-0.1, -0.05) is 11.6 Å². The van der Waals surface area contributed by atoms with Crippen LogP contribution < -0.4 is 5.73 Å². The van der Waals surface area contributed by atoms with E-state index in [1.54, 1.807) is 11.8 Å². The van der Waals surface area contributed by atoms with E-state index in [1.165, 1.54) is 18.2 Å². The van der Waals surface area contributed by atoms with Gasteiger partial charge >= 0.3 is 5.97 Å². The number of fused-ring (bicyclic) bond motifs is 1. The van der Waals surface area contributed by atoms with E-state index in [4.69, 9.17) is 26.8 Å². The topological polar surface area (TPSA) is 81.9 Å². The number of nitrogen functional groups attached to an aromatic ring is 1. The predicted octanol–water partition coefficient (Wildman–Crippen LogP) is 2.79. The van der Waals surface area contributed by atoms with Gasteiger partial charge in [0.15, 0.2) is 0 Å². The van der Waals surface area contributed by atoms with Crippen molar-refractivity contribution in [3.05, 3.63) is 40.4 Å². The van der Waals surface area contributed by atoms with Gasteiger partial charge in [0.1, 0.15) is 24.2 Å². The second kappa shape index (κ2) is 7.53. The molecule has 140 valence electrons. The Kier molecular flexibility index (Phi) is 5.36. The normalized spacial score (nSPS) is 22.0. The van der Waals surface area contributed by atoms with Crippen molar-refractivity contribution < 1.29 is 23.5 Å². The summed E-state index contributed by atoms with van der Waals surface area (Å²) in [6.45, 7) is 1.89. The van der Waals surface area contributed by atoms with Crippen LogP contribution in [0.2, 0.25) is 5.02 Å². The van der Waals surface area contributed by atoms with Gasteiger partial charge in [-0.3, -0.25) is 4.79 Å². The number of nitrogens with zero attached hydrogens (tertiary/aromatic N) is 1. The fraction of sp³-hybridized carbons (Fsp3) is 0.444. The van der Waals surface area contributed by atoms with Crippen molar-refractivity contribution in [3.63, 3.8) is 0 Å². The van der Waals surface area contributed by atoms with Crippen molar-refractivity contribution in [1.82, 2.24) is 4.90 Å². The number of benzene rings is 1. The van der Waals surface area contributed by atoms with Crippen LogP contribution >= 0.6 is 11.6 Å². The second-order valence-electron chi connectivity index (χ2n) is 6.28. The molecule has 2 aliphatic heterocycles. The second-order valence-corrected chi connectivity index (χ2v) is 6.68. The molecule has 0 aromatic heterocycles. The number of hydrogen-bond donors (Lipinski definition) is 1. The highest BCUT2D eigenvalue weighted by Crippen LogP contribution is 2.34. The zero-order valence-corrected chi connectivity index (χ0v) is 15.1. The summed E-state index contributed by atoms with van der Waals surface area (Å²) < 4.78 is 24.7. The summed E-state index contributed by atoms with van der Waals surface area (Å²) in [6, 6.07) is 2.21. The van der Waals surface area contributed by atoms with E-state index in [1.807, 2.05) is 0 Å². The SMILES string of the molecule is CCOC(=O)[C@@H]1CCC2CC(OCc3c(N)ccc(Cl)c3F)=CC(=O)N21. The summed E-state index contributed by atoms with van der Waals surface area (Å²) >= 11 is 5.77. The van der Waals surface area contributed by atoms with Crippen LogP contribution in [-0.2, 0) is 25.7 Å². The zero-order valence-electron chi connectivity index (χ0n) is 14.3. The van der Waals surface area contributed by atoms with E-state index in [2.05, 4.69) is 0 Å². The molecule has 1 fully saturated rings. The Morgan fingerprint density at radius 1 is 1.42 bits per heavy atom. The number of rotatable bonds is 5. The van der Waals surface area contributed by atoms with Gasteiger partial charge in [0.25, 0.3) is 5.91 Å². The molecule has 1 unspecified atom stereocenters. The molecule has 26 heavy (non-hydrogen) atoms. The maximum Gasteiger partial charge on any atom is 0.328 e. The minimum absolute atomic E-state index is 0.0363. The Balaban J connectivity index is 1.70. The van der Waals surface area contributed by atoms with Gasteiger partial charge in [-0.05, 0) is 31.9 Å². The highest BCUT2D eigenvalue weighted by atomic mass is 35.5. The third-order valence-electron chi connectivity index (χ3n) is 4.67. The molecule has 6 nitrogen and oxygen atoms in total. The lowest BCUT2D eigenvalue weighted by Crippen LogP contribution is -2.47. The highest BCUT2D eigenvalue weighted by molar-refractivity contribution is 6.30. The molecule has 0 radical (unpaired) electrons. The lowest BCUT2D eigenvalue weighted by Gasteiger charge is -2.32. The summed E-state index contributed by atoms with van der Waals surface area (Å²) in [5.41, 5.74) is 6.17. The zero-order chi connectivity index (χ0) is 18.8. The Hall–Kier alpha value is -2.28. The molecule has 2 N–H and O–H groups in total. The Labute approximate surface area is 155 Å². The minimum atomic E-state index is -0.626. The van der Waals surface area contributed by atoms with Crippen LogP contribution in [-0.4, -0.2) is 35.5 Å². The number of hydrogen-bond acceptors (Lipinski definition) is 5. The van der Waals surface area contributed by atoms with Gasteiger partial charge in [-0.25, -0.2) is 9.18 Å². The molecule has 2 aliphatic rings. The van der Waals surface area contributed by atoms with Crippen LogP contribution in [0.15, 0.2) is 24.0 Å². The van der Waals surface area contributed by atoms with E-state index in [9.17, 15) is 14.0 Å². The van der Waals surface area contributed by atoms with E-state index in [0.717, 1.165) is 0 Å². The first-order valence-electron chi connectivity index (χ1n) is 8.47. The van der Waals surface area contributed by atoms with E-state index >= 15 is 0 Å². The average molecular weight is 383 g/mol. The van der Waals surface area contributed by atoms with Crippen molar-refractivity contribution in [1.29, 1.82) is 0 Å². The molecule has 1 amide bonds. The molecule has 1 aromatic rings. The number of ether oxygens (including phenoxy) is 2. The monoisotopic (exact) mass is 382 g/mol. The molecule has 2 atom stereocenters. The molecule has 0 bridgehead atoms. The van der Waals surface area contributed by atoms with Gasteiger partial charge in [-0.15, -0.1) is 0 Å². The first-order valence-corrected chi connectivity index (χ1v) is 8.84. The van der Waals surface area contributed by atoms with Crippen LogP contribution in [0.5, 0.6) is 0 Å². The first-order chi connectivity index (χ1) is 12.4. The van der Waals surface area contributed by atoms with Crippen molar-refractivity contribution in [2.45, 2.75) is 44.9 Å². The molecular formula is C18H20ClFN2O4. The quantitative estimate of drug-likeness (QED) is 0.625. The number of anilines is 1. The van der Waals surface area contributed by atoms with E-state index in [-0.39, 0.29) is 47.4 Å². The van der Waals surface area contributed by atoms with Crippen LogP contribution in [0.4, 0.5) is 10.1 Å². The smallest absolute Gasteiger partial charge is 0.328 e. The fourth-order valence-electron chi connectivity index (χ4n) is 3.41. The molecule has 1 saturated heterocycles. The van der Waals surface area contributed by atoms with E-state index in [0.29, 0.717) is 25.0 Å². The number of nitrogens with two attached hydrogens (primary N) is 1. The van der Waals surface area contributed by atoms with Crippen LogP contribution in [0.3, 0.4) is 0 Å². The molecular weight excluding hydrogens is 363 g/mol. The van der Waals surface area contributed by atoms with Crippen LogP contribution in [0.25, 0.3) is 0 Å². The number of halogens is 2. The van der Waals surface area contributed by atoms with Gasteiger partial charge in [0.2, 0.25) is 0 Å². The summed E-state index contributed by atoms with van der Waals surface area (Å²) in [6.07, 6.45) is 3.05. The molecule has 0 saturated carbocycles. The standard InChI is InChI=1S/C18H20ClFN2O4/c1-2-25-18(24)15-6-3-10-7-11(8-16(23)22(10)15)26-9-12-14(21)5-4-13(19)17(12)20/h4-5,8,10,15H,2-3,6-7,9,21H2,1H3/t10?,15-/m0/s1. The van der Waals surface area contributed by atoms with E-state index < -0.39 is 11.9 Å². The Morgan fingerprint density at radius 3 is 2.92 bits per heavy atom. The largest absolute Gasteiger partial charge is 0.493 e. The molecule has 0 spiro atoms. The van der Waals surface area contributed by atoms with Gasteiger partial charge in [0.05, 0.1) is 11.6 Å². The number of carbonyl (C=O) groups excluding carboxylic acids is 2. The predicted molar refractivity (Wildman–Crippen MR) is 93.6 cm³/mol. The summed E-state index contributed by atoms with van der Waals surface area (Å²) in [7, 11) is 0. The molecule has 1 aromatic carbocycles. The third-order valence-corrected chi connectivity index (χ3v) is 4.96. The summed E-state index contributed by atoms with van der Waals surface area (Å²) in [4.78, 5) is 26.0. The van der Waals surface area contributed by atoms with Crippen molar-refractivity contribution in [2.75, 3.05) is 12.3 Å². The van der Waals surface area contributed by atoms with Crippen molar-refractivity contribution in [2.24, 2.45) is 0 Å². The molecule has 8 heteroatoms. The van der Waals surface area contributed by atoms with Crippen LogP contribution in [0, 0.1) is 5.82 Å². The van der Waals surface area contributed by atoms with Gasteiger partial charge < -0.3 is 20.1 Å². The maximum atomic E-state index is 14.1. The first kappa shape index (κ1) is 18.5. The lowest BCUT2D eigenvalue weighted by molar-refractivity contribution is -0.153. The van der Waals surface area contributed by atoms with Crippen LogP contribution in [0.1, 0.15) is 31.7 Å². The van der Waals surface area contributed by atoms with Gasteiger partial charge in [-0.2, -0.15) is 0 Å². The Morgan fingerprint density at radius 2 is 2.19 bits per heavy atom. The minimum Gasteiger partial charge on any atom is -0.493 e. The van der Waals surface area contributed by atoms with Crippen molar-refractivity contribution >= 4 is 29.2 Å². The fourth-order valence-corrected chi connectivity index (χ4v) is 3.59. The lowest BCUT2D eigenvalue weighted by atomic mass is 10.1. The molecule has 3 rings (SSSR count). The number of carbonyl (C=O) groups is 2. The summed E-state index contributed by atoms with van der Waals surface area (Å²) in [5, 5.41) is -0.0363. The van der Waals surface area contributed by atoms with Crippen molar-refractivity contribution in [3.8, 4) is 0 Å². The highest BCUT2D eigenvalue weighted by Gasteiger charge is 2.43. The summed E-state index contributed by atoms with van der Waals surface area (Å²) in [5.74, 6) is -0.861.